The van der Waals surface area contributed by atoms with Gasteiger partial charge in [-0.1, -0.05) is 18.2 Å². The number of amides is 1. The van der Waals surface area contributed by atoms with Crippen molar-refractivity contribution in [3.05, 3.63) is 35.9 Å². The van der Waals surface area contributed by atoms with Crippen molar-refractivity contribution in [2.24, 2.45) is 11.8 Å². The van der Waals surface area contributed by atoms with Crippen molar-refractivity contribution in [2.45, 2.75) is 96.7 Å². The van der Waals surface area contributed by atoms with Gasteiger partial charge in [-0.05, 0) is 121 Å². The Morgan fingerprint density at radius 1 is 1.06 bits per heavy atom. The number of esters is 1. The lowest BCUT2D eigenvalue weighted by Gasteiger charge is -2.35. The average molecular weight is 497 g/mol. The average Bonchev–Trinajstić information content (AvgIpc) is 2.84. The molecule has 198 valence electrons. The third-order valence-electron chi connectivity index (χ3n) is 7.89. The van der Waals surface area contributed by atoms with E-state index in [2.05, 4.69) is 40.6 Å². The third kappa shape index (κ3) is 7.34. The van der Waals surface area contributed by atoms with E-state index in [1.54, 1.807) is 0 Å². The predicted molar refractivity (Wildman–Crippen MR) is 143 cm³/mol. The maximum absolute atomic E-state index is 12.4. The number of ether oxygens (including phenoxy) is 2. The second kappa shape index (κ2) is 11.8. The van der Waals surface area contributed by atoms with Crippen LogP contribution in [0, 0.1) is 11.8 Å². The molecular formula is C30H44N2O4. The number of hydrogen-bond acceptors (Lipinski definition) is 5. The number of carbonyl (C=O) groups is 2. The van der Waals surface area contributed by atoms with Gasteiger partial charge in [0.1, 0.15) is 17.4 Å². The number of allylic oxidation sites excluding steroid dienone is 2. The SMILES string of the molecule is C[C@@H](C(=O)OC(C)(C)C)N1CCC(COc2ccc(C3=CCC(C(=O)NC4CCC4)CC3)cc2)CC1. The van der Waals surface area contributed by atoms with Gasteiger partial charge in [0, 0.05) is 12.0 Å². The van der Waals surface area contributed by atoms with E-state index in [4.69, 9.17) is 9.47 Å². The molecule has 0 aromatic heterocycles. The molecule has 1 N–H and O–H groups in total. The number of carbonyl (C=O) groups excluding carboxylic acids is 2. The summed E-state index contributed by atoms with van der Waals surface area (Å²) < 4.78 is 11.7. The minimum absolute atomic E-state index is 0.121. The van der Waals surface area contributed by atoms with Gasteiger partial charge in [0.05, 0.1) is 6.61 Å². The molecule has 36 heavy (non-hydrogen) atoms. The molecule has 2 aliphatic carbocycles. The number of likely N-dealkylation sites (tertiary alicyclic amines) is 1. The minimum Gasteiger partial charge on any atom is -0.493 e. The van der Waals surface area contributed by atoms with Gasteiger partial charge in [-0.15, -0.1) is 0 Å². The Bertz CT molecular complexity index is 921. The molecule has 1 unspecified atom stereocenters. The molecule has 0 spiro atoms. The fourth-order valence-corrected chi connectivity index (χ4v) is 5.23. The molecule has 3 aliphatic rings. The molecule has 6 heteroatoms. The Labute approximate surface area is 216 Å². The Morgan fingerprint density at radius 2 is 1.75 bits per heavy atom. The summed E-state index contributed by atoms with van der Waals surface area (Å²) in [5.41, 5.74) is 2.11. The molecule has 1 aromatic carbocycles. The van der Waals surface area contributed by atoms with E-state index in [9.17, 15) is 9.59 Å². The molecule has 2 atom stereocenters. The highest BCUT2D eigenvalue weighted by molar-refractivity contribution is 5.81. The molecule has 1 aromatic rings. The first-order chi connectivity index (χ1) is 17.2. The first-order valence-corrected chi connectivity index (χ1v) is 13.9. The quantitative estimate of drug-likeness (QED) is 0.491. The van der Waals surface area contributed by atoms with Crippen molar-refractivity contribution in [1.82, 2.24) is 10.2 Å². The molecule has 1 amide bonds. The van der Waals surface area contributed by atoms with Crippen molar-refractivity contribution >= 4 is 17.4 Å². The molecule has 1 aliphatic heterocycles. The Hall–Kier alpha value is -2.34. The molecular weight excluding hydrogens is 452 g/mol. The second-order valence-corrected chi connectivity index (χ2v) is 11.9. The van der Waals surface area contributed by atoms with Gasteiger partial charge in [0.2, 0.25) is 5.91 Å². The van der Waals surface area contributed by atoms with Crippen molar-refractivity contribution in [3.8, 4) is 5.75 Å². The highest BCUT2D eigenvalue weighted by atomic mass is 16.6. The lowest BCUT2D eigenvalue weighted by Crippen LogP contribution is -2.46. The van der Waals surface area contributed by atoms with Crippen LogP contribution in [0.3, 0.4) is 0 Å². The van der Waals surface area contributed by atoms with Gasteiger partial charge in [-0.2, -0.15) is 0 Å². The Kier molecular flexibility index (Phi) is 8.76. The van der Waals surface area contributed by atoms with E-state index in [-0.39, 0.29) is 23.8 Å². The van der Waals surface area contributed by atoms with Gasteiger partial charge < -0.3 is 14.8 Å². The Morgan fingerprint density at radius 3 is 2.31 bits per heavy atom. The summed E-state index contributed by atoms with van der Waals surface area (Å²) in [4.78, 5) is 27.0. The number of nitrogens with zero attached hydrogens (tertiary/aromatic N) is 1. The van der Waals surface area contributed by atoms with Crippen LogP contribution in [0.15, 0.2) is 30.3 Å². The zero-order chi connectivity index (χ0) is 25.7. The van der Waals surface area contributed by atoms with Crippen molar-refractivity contribution < 1.29 is 19.1 Å². The van der Waals surface area contributed by atoms with E-state index < -0.39 is 5.60 Å². The van der Waals surface area contributed by atoms with Gasteiger partial charge in [-0.25, -0.2) is 0 Å². The normalized spacial score (nSPS) is 22.8. The van der Waals surface area contributed by atoms with E-state index in [0.717, 1.165) is 63.8 Å². The summed E-state index contributed by atoms with van der Waals surface area (Å²) in [6.07, 6.45) is 10.5. The van der Waals surface area contributed by atoms with Gasteiger partial charge >= 0.3 is 5.97 Å². The van der Waals surface area contributed by atoms with Crippen LogP contribution in [-0.2, 0) is 14.3 Å². The number of piperidine rings is 1. The van der Waals surface area contributed by atoms with Crippen LogP contribution in [0.25, 0.3) is 5.57 Å². The lowest BCUT2D eigenvalue weighted by molar-refractivity contribution is -0.161. The number of hydrogen-bond donors (Lipinski definition) is 1. The van der Waals surface area contributed by atoms with Crippen LogP contribution in [-0.4, -0.2) is 54.2 Å². The maximum Gasteiger partial charge on any atom is 0.323 e. The largest absolute Gasteiger partial charge is 0.493 e. The zero-order valence-corrected chi connectivity index (χ0v) is 22.6. The van der Waals surface area contributed by atoms with Gasteiger partial charge in [-0.3, -0.25) is 14.5 Å². The Balaban J connectivity index is 1.18. The topological polar surface area (TPSA) is 67.9 Å². The summed E-state index contributed by atoms with van der Waals surface area (Å²) in [5.74, 6) is 1.62. The molecule has 4 rings (SSSR count). The van der Waals surface area contributed by atoms with Gasteiger partial charge in [0.25, 0.3) is 0 Å². The summed E-state index contributed by atoms with van der Waals surface area (Å²) in [5, 5.41) is 3.20. The first kappa shape index (κ1) is 26.7. The van der Waals surface area contributed by atoms with E-state index in [1.807, 2.05) is 27.7 Å². The van der Waals surface area contributed by atoms with Crippen LogP contribution < -0.4 is 10.1 Å². The fourth-order valence-electron chi connectivity index (χ4n) is 5.23. The summed E-state index contributed by atoms with van der Waals surface area (Å²) in [6.45, 7) is 10.2. The highest BCUT2D eigenvalue weighted by Crippen LogP contribution is 2.32. The standard InChI is InChI=1S/C30H44N2O4/c1-21(29(34)36-30(2,3)4)32-18-16-22(17-19-32)20-35-27-14-12-24(13-15-27)23-8-10-25(11-9-23)28(33)31-26-6-5-7-26/h8,12-15,21-22,25-26H,5-7,9-11,16-20H2,1-4H3,(H,31,33)/t21-,25?/m0/s1. The van der Waals surface area contributed by atoms with Gasteiger partial charge in [0.15, 0.2) is 0 Å². The zero-order valence-electron chi connectivity index (χ0n) is 22.6. The lowest BCUT2D eigenvalue weighted by atomic mass is 9.85. The molecule has 1 heterocycles. The van der Waals surface area contributed by atoms with E-state index in [1.165, 1.54) is 17.6 Å². The molecule has 1 saturated heterocycles. The molecule has 6 nitrogen and oxygen atoms in total. The summed E-state index contributed by atoms with van der Waals surface area (Å²) in [7, 11) is 0. The van der Waals surface area contributed by atoms with E-state index >= 15 is 0 Å². The molecule has 0 bridgehead atoms. The molecule has 1 saturated carbocycles. The van der Waals surface area contributed by atoms with Crippen molar-refractivity contribution in [1.29, 1.82) is 0 Å². The van der Waals surface area contributed by atoms with Crippen LogP contribution >= 0.6 is 0 Å². The van der Waals surface area contributed by atoms with Crippen molar-refractivity contribution in [2.75, 3.05) is 19.7 Å². The monoisotopic (exact) mass is 496 g/mol. The fraction of sp³-hybridized carbons (Fsp3) is 0.667. The predicted octanol–water partition coefficient (Wildman–Crippen LogP) is 5.36. The maximum atomic E-state index is 12.4. The van der Waals surface area contributed by atoms with Crippen LogP contribution in [0.4, 0.5) is 0 Å². The number of benzene rings is 1. The molecule has 0 radical (unpaired) electrons. The van der Waals surface area contributed by atoms with E-state index in [0.29, 0.717) is 18.6 Å². The summed E-state index contributed by atoms with van der Waals surface area (Å²) in [6, 6.07) is 8.61. The van der Waals surface area contributed by atoms with Crippen LogP contribution in [0.1, 0.15) is 84.6 Å². The van der Waals surface area contributed by atoms with Crippen molar-refractivity contribution in [3.63, 3.8) is 0 Å². The minimum atomic E-state index is -0.450. The third-order valence-corrected chi connectivity index (χ3v) is 7.89. The summed E-state index contributed by atoms with van der Waals surface area (Å²) >= 11 is 0. The van der Waals surface area contributed by atoms with Crippen LogP contribution in [0.2, 0.25) is 0 Å². The van der Waals surface area contributed by atoms with Crippen LogP contribution in [0.5, 0.6) is 5.75 Å². The molecule has 2 fully saturated rings. The second-order valence-electron chi connectivity index (χ2n) is 11.9. The smallest absolute Gasteiger partial charge is 0.323 e. The first-order valence-electron chi connectivity index (χ1n) is 13.9. The highest BCUT2D eigenvalue weighted by Gasteiger charge is 2.30. The number of rotatable bonds is 8. The number of nitrogens with one attached hydrogen (secondary N) is 1.